The fraction of sp³-hybridized carbons (Fsp3) is 0.421. The molecule has 3 N–H and O–H groups in total. The molecule has 3 rings (SSSR count). The summed E-state index contributed by atoms with van der Waals surface area (Å²) in [4.78, 5) is 38.5. The molecule has 10 nitrogen and oxygen atoms in total. The van der Waals surface area contributed by atoms with Crippen molar-refractivity contribution in [1.29, 1.82) is 0 Å². The highest BCUT2D eigenvalue weighted by molar-refractivity contribution is 5.94. The summed E-state index contributed by atoms with van der Waals surface area (Å²) in [6, 6.07) is 3.21. The summed E-state index contributed by atoms with van der Waals surface area (Å²) in [6.07, 6.45) is 1.52. The number of rotatable bonds is 5. The number of anilines is 1. The first kappa shape index (κ1) is 24.6. The predicted octanol–water partition coefficient (Wildman–Crippen LogP) is 1.79. The normalized spacial score (nSPS) is 14.3. The first-order chi connectivity index (χ1) is 15.0. The average Bonchev–Trinajstić information content (AvgIpc) is 3.18. The van der Waals surface area contributed by atoms with Gasteiger partial charge in [-0.05, 0) is 30.9 Å². The molecule has 13 heteroatoms. The molecular weight excluding hydrogens is 435 g/mol. The van der Waals surface area contributed by atoms with Crippen LogP contribution >= 0.6 is 0 Å². The Hall–Kier alpha value is -3.64. The van der Waals surface area contributed by atoms with E-state index in [1.807, 2.05) is 4.90 Å². The van der Waals surface area contributed by atoms with Crippen LogP contribution in [0.5, 0.6) is 0 Å². The maximum atomic E-state index is 12.1. The molecule has 1 saturated heterocycles. The zero-order chi connectivity index (χ0) is 23.9. The van der Waals surface area contributed by atoms with Crippen LogP contribution in [0.2, 0.25) is 0 Å². The number of hydrogen-bond acceptors (Lipinski definition) is 6. The molecule has 174 valence electrons. The highest BCUT2D eigenvalue weighted by Gasteiger charge is 2.38. The fourth-order valence-corrected chi connectivity index (χ4v) is 3.04. The molecule has 1 aliphatic heterocycles. The number of aryl methyl sites for hydroxylation is 1. The third-order valence-corrected chi connectivity index (χ3v) is 4.69. The van der Waals surface area contributed by atoms with Gasteiger partial charge in [0.05, 0.1) is 11.8 Å². The quantitative estimate of drug-likeness (QED) is 0.618. The van der Waals surface area contributed by atoms with Crippen LogP contribution in [0.15, 0.2) is 30.7 Å². The van der Waals surface area contributed by atoms with E-state index in [9.17, 15) is 27.9 Å². The Morgan fingerprint density at radius 3 is 2.34 bits per heavy atom. The molecule has 3 heterocycles. The van der Waals surface area contributed by atoms with E-state index in [4.69, 9.17) is 9.90 Å². The molecular formula is C19H22F3N5O5. The molecule has 0 spiro atoms. The lowest BCUT2D eigenvalue weighted by atomic mass is 9.96. The van der Waals surface area contributed by atoms with Gasteiger partial charge in [0.1, 0.15) is 11.4 Å². The lowest BCUT2D eigenvalue weighted by Gasteiger charge is -2.33. The Bertz CT molecular complexity index is 955. The second-order valence-electron chi connectivity index (χ2n) is 7.03. The lowest BCUT2D eigenvalue weighted by Crippen LogP contribution is -2.39. The molecule has 32 heavy (non-hydrogen) atoms. The van der Waals surface area contributed by atoms with Crippen LogP contribution in [0, 0.1) is 5.92 Å². The number of alkyl halides is 3. The van der Waals surface area contributed by atoms with Gasteiger partial charge in [-0.15, -0.1) is 0 Å². The summed E-state index contributed by atoms with van der Waals surface area (Å²) in [5.74, 6) is -2.95. The number of amides is 1. The van der Waals surface area contributed by atoms with Crippen molar-refractivity contribution in [3.05, 3.63) is 41.9 Å². The molecule has 2 aromatic rings. The smallest absolute Gasteiger partial charge is 0.478 e. The van der Waals surface area contributed by atoms with E-state index in [1.54, 1.807) is 42.5 Å². The third-order valence-electron chi connectivity index (χ3n) is 4.69. The summed E-state index contributed by atoms with van der Waals surface area (Å²) >= 11 is 0. The number of carbonyl (C=O) groups is 3. The summed E-state index contributed by atoms with van der Waals surface area (Å²) in [7, 11) is 1.77. The van der Waals surface area contributed by atoms with Crippen LogP contribution in [-0.2, 0) is 11.8 Å². The van der Waals surface area contributed by atoms with Crippen molar-refractivity contribution in [1.82, 2.24) is 20.1 Å². The minimum absolute atomic E-state index is 0.117. The Labute approximate surface area is 180 Å². The van der Waals surface area contributed by atoms with Gasteiger partial charge >= 0.3 is 18.1 Å². The van der Waals surface area contributed by atoms with Gasteiger partial charge in [0.2, 0.25) is 0 Å². The third kappa shape index (κ3) is 6.96. The number of pyridine rings is 1. The summed E-state index contributed by atoms with van der Waals surface area (Å²) in [5.41, 5.74) is 0.783. The number of piperidine rings is 1. The van der Waals surface area contributed by atoms with E-state index in [2.05, 4.69) is 15.4 Å². The summed E-state index contributed by atoms with van der Waals surface area (Å²) < 4.78 is 33.3. The largest absolute Gasteiger partial charge is 0.490 e. The van der Waals surface area contributed by atoms with Gasteiger partial charge in [0, 0.05) is 39.1 Å². The summed E-state index contributed by atoms with van der Waals surface area (Å²) in [5, 5.41) is 23.3. The zero-order valence-electron chi connectivity index (χ0n) is 17.0. The molecule has 0 saturated carbocycles. The number of carboxylic acid groups (broad SMARTS) is 2. The standard InChI is InChI=1S/C17H21N5O3.C2HF3O2/c1-21-11-13(10-20-21)16(23)19-9-12-4-7-22(8-5-12)15-14(17(24)25)3-2-6-18-15;3-2(4,5)1(6)7/h2-3,6,10-12H,4-5,7-9H2,1H3,(H,19,23)(H,24,25);(H,6,7). The van der Waals surface area contributed by atoms with Crippen molar-refractivity contribution in [3.63, 3.8) is 0 Å². The van der Waals surface area contributed by atoms with Crippen LogP contribution in [0.3, 0.4) is 0 Å². The number of carbonyl (C=O) groups excluding carboxylic acids is 1. The molecule has 1 amide bonds. The number of carboxylic acids is 2. The van der Waals surface area contributed by atoms with Crippen LogP contribution in [-0.4, -0.2) is 68.6 Å². The van der Waals surface area contributed by atoms with Gasteiger partial charge < -0.3 is 20.4 Å². The van der Waals surface area contributed by atoms with Crippen molar-refractivity contribution in [2.75, 3.05) is 24.5 Å². The SMILES string of the molecule is Cn1cc(C(=O)NCC2CCN(c3ncccc3C(=O)O)CC2)cn1.O=C(O)C(F)(F)F. The molecule has 2 aromatic heterocycles. The van der Waals surface area contributed by atoms with E-state index < -0.39 is 18.1 Å². The van der Waals surface area contributed by atoms with Crippen molar-refractivity contribution >= 4 is 23.7 Å². The molecule has 0 radical (unpaired) electrons. The Kier molecular flexibility index (Phi) is 8.15. The van der Waals surface area contributed by atoms with Gasteiger partial charge in [-0.25, -0.2) is 14.6 Å². The maximum absolute atomic E-state index is 12.1. The number of aromatic nitrogens is 3. The van der Waals surface area contributed by atoms with Crippen LogP contribution in [0.4, 0.5) is 19.0 Å². The number of nitrogens with zero attached hydrogens (tertiary/aromatic N) is 4. The van der Waals surface area contributed by atoms with Crippen LogP contribution in [0.25, 0.3) is 0 Å². The maximum Gasteiger partial charge on any atom is 0.490 e. The molecule has 0 aliphatic carbocycles. The fourth-order valence-electron chi connectivity index (χ4n) is 3.04. The number of hydrogen-bond donors (Lipinski definition) is 3. The van der Waals surface area contributed by atoms with E-state index in [0.29, 0.717) is 23.8 Å². The van der Waals surface area contributed by atoms with Crippen LogP contribution in [0.1, 0.15) is 33.6 Å². The van der Waals surface area contributed by atoms with E-state index in [0.717, 1.165) is 25.9 Å². The van der Waals surface area contributed by atoms with E-state index in [1.165, 1.54) is 0 Å². The lowest BCUT2D eigenvalue weighted by molar-refractivity contribution is -0.192. The van der Waals surface area contributed by atoms with Crippen LogP contribution < -0.4 is 10.2 Å². The summed E-state index contributed by atoms with van der Waals surface area (Å²) in [6.45, 7) is 2.06. The van der Waals surface area contributed by atoms with Gasteiger partial charge in [0.15, 0.2) is 0 Å². The first-order valence-corrected chi connectivity index (χ1v) is 9.49. The Balaban J connectivity index is 0.000000451. The molecule has 0 bridgehead atoms. The topological polar surface area (TPSA) is 138 Å². The van der Waals surface area contributed by atoms with E-state index >= 15 is 0 Å². The van der Waals surface area contributed by atoms with Gasteiger partial charge in [0.25, 0.3) is 5.91 Å². The molecule has 1 aliphatic rings. The van der Waals surface area contributed by atoms with Crippen molar-refractivity contribution < 1.29 is 37.8 Å². The van der Waals surface area contributed by atoms with Crippen molar-refractivity contribution in [2.45, 2.75) is 19.0 Å². The zero-order valence-corrected chi connectivity index (χ0v) is 17.0. The van der Waals surface area contributed by atoms with Gasteiger partial charge in [-0.1, -0.05) is 0 Å². The van der Waals surface area contributed by atoms with Gasteiger partial charge in [-0.3, -0.25) is 9.48 Å². The molecule has 1 fully saturated rings. The Morgan fingerprint density at radius 1 is 1.22 bits per heavy atom. The molecule has 0 unspecified atom stereocenters. The monoisotopic (exact) mass is 457 g/mol. The highest BCUT2D eigenvalue weighted by Crippen LogP contribution is 2.24. The molecule has 0 aromatic carbocycles. The average molecular weight is 457 g/mol. The van der Waals surface area contributed by atoms with Crippen molar-refractivity contribution in [3.8, 4) is 0 Å². The number of halogens is 3. The number of nitrogens with one attached hydrogen (secondary N) is 1. The van der Waals surface area contributed by atoms with Gasteiger partial charge in [-0.2, -0.15) is 18.3 Å². The Morgan fingerprint density at radius 2 is 1.84 bits per heavy atom. The minimum atomic E-state index is -5.08. The molecule has 0 atom stereocenters. The van der Waals surface area contributed by atoms with E-state index in [-0.39, 0.29) is 11.5 Å². The second kappa shape index (κ2) is 10.6. The first-order valence-electron chi connectivity index (χ1n) is 9.49. The highest BCUT2D eigenvalue weighted by atomic mass is 19.4. The minimum Gasteiger partial charge on any atom is -0.478 e. The van der Waals surface area contributed by atoms with Crippen molar-refractivity contribution in [2.24, 2.45) is 13.0 Å². The second-order valence-corrected chi connectivity index (χ2v) is 7.03. The number of aliphatic carboxylic acids is 1. The predicted molar refractivity (Wildman–Crippen MR) is 105 cm³/mol. The number of aromatic carboxylic acids is 1.